The molecule has 35 heavy (non-hydrogen) atoms. The van der Waals surface area contributed by atoms with Crippen molar-refractivity contribution in [3.8, 4) is 11.8 Å². The van der Waals surface area contributed by atoms with Crippen LogP contribution in [-0.4, -0.2) is 54.9 Å². The summed E-state index contributed by atoms with van der Waals surface area (Å²) in [6.45, 7) is 4.63. The Labute approximate surface area is 208 Å². The van der Waals surface area contributed by atoms with Gasteiger partial charge in [0.25, 0.3) is 0 Å². The smallest absolute Gasteiger partial charge is 0.320 e. The minimum absolute atomic E-state index is 0.0371. The highest BCUT2D eigenvalue weighted by Crippen LogP contribution is 2.34. The molecule has 2 atom stereocenters. The quantitative estimate of drug-likeness (QED) is 0.534. The van der Waals surface area contributed by atoms with Crippen molar-refractivity contribution in [2.45, 2.75) is 44.9 Å². The molecule has 2 aromatic carbocycles. The van der Waals surface area contributed by atoms with Gasteiger partial charge >= 0.3 is 6.03 Å². The standard InChI is InChI=1S/C29H35N3O3/c1-3-21-7-9-24(10-8-21)26-15-23(16-28(33)25-5-4-6-27(17-25)35-2)19-32(20-26)29(34)31-13-11-22(18-30)12-14-31/h4-10,17,22-23,26H,3,11-16,19-20H2,1-2H3. The Balaban J connectivity index is 1.51. The highest BCUT2D eigenvalue weighted by atomic mass is 16.5. The van der Waals surface area contributed by atoms with E-state index in [1.807, 2.05) is 28.0 Å². The third-order valence-electron chi connectivity index (χ3n) is 7.48. The van der Waals surface area contributed by atoms with Gasteiger partial charge in [0.2, 0.25) is 0 Å². The summed E-state index contributed by atoms with van der Waals surface area (Å²) in [7, 11) is 1.60. The van der Waals surface area contributed by atoms with Crippen LogP contribution in [0.1, 0.15) is 60.0 Å². The van der Waals surface area contributed by atoms with Crippen molar-refractivity contribution in [2.24, 2.45) is 11.8 Å². The monoisotopic (exact) mass is 473 g/mol. The highest BCUT2D eigenvalue weighted by molar-refractivity contribution is 5.96. The van der Waals surface area contributed by atoms with E-state index in [-0.39, 0.29) is 29.6 Å². The van der Waals surface area contributed by atoms with Crippen molar-refractivity contribution in [1.29, 1.82) is 5.26 Å². The summed E-state index contributed by atoms with van der Waals surface area (Å²) < 4.78 is 5.29. The molecule has 0 saturated carbocycles. The van der Waals surface area contributed by atoms with E-state index in [2.05, 4.69) is 37.3 Å². The van der Waals surface area contributed by atoms with Crippen LogP contribution in [-0.2, 0) is 6.42 Å². The maximum absolute atomic E-state index is 13.5. The molecular formula is C29H35N3O3. The Morgan fingerprint density at radius 2 is 1.80 bits per heavy atom. The van der Waals surface area contributed by atoms with E-state index >= 15 is 0 Å². The molecule has 2 unspecified atom stereocenters. The van der Waals surface area contributed by atoms with Gasteiger partial charge in [0.05, 0.1) is 13.2 Å². The highest BCUT2D eigenvalue weighted by Gasteiger charge is 2.35. The zero-order valence-corrected chi connectivity index (χ0v) is 20.8. The third-order valence-corrected chi connectivity index (χ3v) is 7.48. The molecule has 0 radical (unpaired) electrons. The van der Waals surface area contributed by atoms with Crippen LogP contribution in [0.2, 0.25) is 0 Å². The second-order valence-electron chi connectivity index (χ2n) is 9.83. The topological polar surface area (TPSA) is 73.6 Å². The summed E-state index contributed by atoms with van der Waals surface area (Å²) >= 11 is 0. The molecule has 4 rings (SSSR count). The molecule has 0 spiro atoms. The summed E-state index contributed by atoms with van der Waals surface area (Å²) in [6, 6.07) is 18.4. The second kappa shape index (κ2) is 11.4. The minimum Gasteiger partial charge on any atom is -0.497 e. The van der Waals surface area contributed by atoms with E-state index < -0.39 is 0 Å². The SMILES string of the molecule is CCc1ccc(C2CC(CC(=O)c3cccc(OC)c3)CN(C(=O)N3CCC(C#N)CC3)C2)cc1. The lowest BCUT2D eigenvalue weighted by atomic mass is 9.81. The van der Waals surface area contributed by atoms with Gasteiger partial charge in [0, 0.05) is 50.0 Å². The molecule has 2 aliphatic heterocycles. The van der Waals surface area contributed by atoms with Gasteiger partial charge in [0.1, 0.15) is 5.75 Å². The molecule has 2 aliphatic rings. The fourth-order valence-electron chi connectivity index (χ4n) is 5.35. The van der Waals surface area contributed by atoms with E-state index in [0.717, 1.165) is 25.7 Å². The number of aryl methyl sites for hydroxylation is 1. The van der Waals surface area contributed by atoms with Gasteiger partial charge < -0.3 is 14.5 Å². The first-order chi connectivity index (χ1) is 17.0. The Bertz CT molecular complexity index is 1070. The molecule has 2 saturated heterocycles. The normalized spacial score (nSPS) is 20.8. The van der Waals surface area contributed by atoms with Gasteiger partial charge in [-0.15, -0.1) is 0 Å². The number of amides is 2. The molecule has 184 valence electrons. The number of rotatable bonds is 6. The predicted octanol–water partition coefficient (Wildman–Crippen LogP) is 5.29. The fraction of sp³-hybridized carbons (Fsp3) is 0.483. The van der Waals surface area contributed by atoms with Gasteiger partial charge in [-0.3, -0.25) is 4.79 Å². The predicted molar refractivity (Wildman–Crippen MR) is 135 cm³/mol. The number of piperidine rings is 2. The number of carbonyl (C=O) groups excluding carboxylic acids is 2. The molecule has 0 aromatic heterocycles. The summed E-state index contributed by atoms with van der Waals surface area (Å²) in [5.74, 6) is 1.07. The number of benzene rings is 2. The van der Waals surface area contributed by atoms with E-state index in [1.165, 1.54) is 11.1 Å². The molecule has 6 heteroatoms. The van der Waals surface area contributed by atoms with Crippen LogP contribution in [0.3, 0.4) is 0 Å². The van der Waals surface area contributed by atoms with Crippen LogP contribution < -0.4 is 4.74 Å². The summed E-state index contributed by atoms with van der Waals surface area (Å²) in [4.78, 5) is 30.5. The first kappa shape index (κ1) is 24.8. The first-order valence-corrected chi connectivity index (χ1v) is 12.7. The molecule has 0 aliphatic carbocycles. The maximum Gasteiger partial charge on any atom is 0.320 e. The third kappa shape index (κ3) is 6.03. The van der Waals surface area contributed by atoms with E-state index in [9.17, 15) is 14.9 Å². The minimum atomic E-state index is 0.0371. The Morgan fingerprint density at radius 3 is 2.46 bits per heavy atom. The molecule has 2 aromatic rings. The van der Waals surface area contributed by atoms with Crippen LogP contribution in [0, 0.1) is 23.2 Å². The Hall–Kier alpha value is -3.33. The molecule has 0 N–H and O–H groups in total. The first-order valence-electron chi connectivity index (χ1n) is 12.7. The van der Waals surface area contributed by atoms with E-state index in [1.54, 1.807) is 13.2 Å². The number of hydrogen-bond donors (Lipinski definition) is 0. The Morgan fingerprint density at radius 1 is 1.06 bits per heavy atom. The second-order valence-corrected chi connectivity index (χ2v) is 9.83. The van der Waals surface area contributed by atoms with Crippen molar-refractivity contribution in [2.75, 3.05) is 33.3 Å². The molecule has 2 heterocycles. The lowest BCUT2D eigenvalue weighted by Crippen LogP contribution is -2.51. The van der Waals surface area contributed by atoms with Crippen molar-refractivity contribution < 1.29 is 14.3 Å². The molecule has 0 bridgehead atoms. The van der Waals surface area contributed by atoms with Gasteiger partial charge in [-0.05, 0) is 54.9 Å². The number of ketones is 1. The number of hydrogen-bond acceptors (Lipinski definition) is 4. The fourth-order valence-corrected chi connectivity index (χ4v) is 5.35. The molecule has 6 nitrogen and oxygen atoms in total. The van der Waals surface area contributed by atoms with Crippen molar-refractivity contribution in [1.82, 2.24) is 9.80 Å². The number of ether oxygens (including phenoxy) is 1. The van der Waals surface area contributed by atoms with Crippen LogP contribution in [0.15, 0.2) is 48.5 Å². The van der Waals surface area contributed by atoms with Crippen LogP contribution in [0.25, 0.3) is 0 Å². The number of methoxy groups -OCH3 is 1. The zero-order chi connectivity index (χ0) is 24.8. The summed E-state index contributed by atoms with van der Waals surface area (Å²) in [5.41, 5.74) is 3.17. The Kier molecular flexibility index (Phi) is 8.07. The van der Waals surface area contributed by atoms with Gasteiger partial charge in [-0.1, -0.05) is 43.3 Å². The van der Waals surface area contributed by atoms with Gasteiger partial charge in [-0.2, -0.15) is 5.26 Å². The lowest BCUT2D eigenvalue weighted by molar-refractivity contribution is 0.0873. The summed E-state index contributed by atoms with van der Waals surface area (Å²) in [6.07, 6.45) is 3.73. The van der Waals surface area contributed by atoms with Gasteiger partial charge in [0.15, 0.2) is 5.78 Å². The van der Waals surface area contributed by atoms with Crippen LogP contribution in [0.4, 0.5) is 4.79 Å². The van der Waals surface area contributed by atoms with Crippen LogP contribution in [0.5, 0.6) is 5.75 Å². The lowest BCUT2D eigenvalue weighted by Gasteiger charge is -2.41. The van der Waals surface area contributed by atoms with Gasteiger partial charge in [-0.25, -0.2) is 4.79 Å². The van der Waals surface area contributed by atoms with E-state index in [0.29, 0.717) is 43.9 Å². The number of likely N-dealkylation sites (tertiary alicyclic amines) is 2. The number of Topliss-reactive ketones (excluding diaryl/α,β-unsaturated/α-hetero) is 1. The average Bonchev–Trinajstić information content (AvgIpc) is 2.92. The largest absolute Gasteiger partial charge is 0.497 e. The van der Waals surface area contributed by atoms with Crippen molar-refractivity contribution >= 4 is 11.8 Å². The van der Waals surface area contributed by atoms with E-state index in [4.69, 9.17) is 4.74 Å². The maximum atomic E-state index is 13.5. The van der Waals surface area contributed by atoms with Crippen molar-refractivity contribution in [3.05, 3.63) is 65.2 Å². The number of nitriles is 1. The number of urea groups is 1. The average molecular weight is 474 g/mol. The number of nitrogens with zero attached hydrogens (tertiary/aromatic N) is 3. The molecule has 2 amide bonds. The molecular weight excluding hydrogens is 438 g/mol. The molecule has 2 fully saturated rings. The number of carbonyl (C=O) groups is 2. The van der Waals surface area contributed by atoms with Crippen LogP contribution >= 0.6 is 0 Å². The summed E-state index contributed by atoms with van der Waals surface area (Å²) in [5, 5.41) is 9.20. The zero-order valence-electron chi connectivity index (χ0n) is 20.8. The van der Waals surface area contributed by atoms with Crippen molar-refractivity contribution in [3.63, 3.8) is 0 Å².